The molecule has 0 spiro atoms. The molecule has 0 radical (unpaired) electrons. The van der Waals surface area contributed by atoms with E-state index in [1.165, 1.54) is 0 Å². The van der Waals surface area contributed by atoms with Crippen molar-refractivity contribution in [3.8, 4) is 0 Å². The summed E-state index contributed by atoms with van der Waals surface area (Å²) in [6.45, 7) is 3.39. The highest BCUT2D eigenvalue weighted by Gasteiger charge is 2.42. The van der Waals surface area contributed by atoms with E-state index in [-0.39, 0.29) is 17.6 Å². The van der Waals surface area contributed by atoms with Crippen LogP contribution in [0.4, 0.5) is 0 Å². The Labute approximate surface area is 108 Å². The number of esters is 1. The molecule has 0 atom stereocenters. The van der Waals surface area contributed by atoms with Crippen LogP contribution in [0.1, 0.15) is 39.0 Å². The minimum absolute atomic E-state index is 0.151. The van der Waals surface area contributed by atoms with Gasteiger partial charge in [0.2, 0.25) is 0 Å². The smallest absolute Gasteiger partial charge is 0.307 e. The van der Waals surface area contributed by atoms with E-state index in [9.17, 15) is 9.90 Å². The Morgan fingerprint density at radius 1 is 1.39 bits per heavy atom. The number of rotatable bonds is 5. The van der Waals surface area contributed by atoms with Crippen LogP contribution < -0.4 is 5.32 Å². The van der Waals surface area contributed by atoms with Crippen molar-refractivity contribution in [1.29, 1.82) is 0 Å². The fraction of sp³-hybridized carbons (Fsp3) is 0.923. The fourth-order valence-electron chi connectivity index (χ4n) is 2.73. The van der Waals surface area contributed by atoms with Gasteiger partial charge in [-0.2, -0.15) is 0 Å². The Kier molecular flexibility index (Phi) is 4.59. The Hall–Kier alpha value is -0.650. The predicted octanol–water partition coefficient (Wildman–Crippen LogP) is 0.602. The van der Waals surface area contributed by atoms with E-state index in [2.05, 4.69) is 5.32 Å². The highest BCUT2D eigenvalue weighted by atomic mass is 16.5. The Morgan fingerprint density at radius 2 is 2.06 bits per heavy atom. The van der Waals surface area contributed by atoms with Gasteiger partial charge in [-0.15, -0.1) is 0 Å². The summed E-state index contributed by atoms with van der Waals surface area (Å²) in [7, 11) is 0. The molecule has 0 aromatic carbocycles. The minimum atomic E-state index is -0.237. The molecule has 2 rings (SSSR count). The average Bonchev–Trinajstić information content (AvgIpc) is 2.29. The molecule has 1 aliphatic heterocycles. The quantitative estimate of drug-likeness (QED) is 0.706. The van der Waals surface area contributed by atoms with Crippen LogP contribution in [-0.4, -0.2) is 48.6 Å². The average molecular weight is 257 g/mol. The number of hydrogen-bond acceptors (Lipinski definition) is 5. The van der Waals surface area contributed by atoms with Crippen LogP contribution in [0.2, 0.25) is 0 Å². The Bertz CT molecular complexity index is 283. The minimum Gasteiger partial charge on any atom is -0.466 e. The highest BCUT2D eigenvalue weighted by molar-refractivity contribution is 5.71. The van der Waals surface area contributed by atoms with E-state index in [0.29, 0.717) is 32.3 Å². The molecular formula is C13H23NO4. The lowest BCUT2D eigenvalue weighted by Crippen LogP contribution is -2.64. The first kappa shape index (κ1) is 13.8. The van der Waals surface area contributed by atoms with Gasteiger partial charge in [-0.05, 0) is 32.6 Å². The zero-order chi connectivity index (χ0) is 13.0. The highest BCUT2D eigenvalue weighted by Crippen LogP contribution is 2.27. The van der Waals surface area contributed by atoms with E-state index in [1.807, 2.05) is 6.92 Å². The van der Waals surface area contributed by atoms with Crippen molar-refractivity contribution < 1.29 is 19.4 Å². The number of ether oxygens (including phenoxy) is 2. The molecule has 2 fully saturated rings. The van der Waals surface area contributed by atoms with Crippen LogP contribution in [0.15, 0.2) is 0 Å². The molecule has 0 aromatic heterocycles. The van der Waals surface area contributed by atoms with Gasteiger partial charge in [0.05, 0.1) is 37.9 Å². The summed E-state index contributed by atoms with van der Waals surface area (Å²) >= 11 is 0. The molecule has 1 saturated carbocycles. The maximum atomic E-state index is 11.6. The summed E-state index contributed by atoms with van der Waals surface area (Å²) in [6, 6.07) is 0.381. The first-order valence-corrected chi connectivity index (χ1v) is 6.83. The second-order valence-electron chi connectivity index (χ2n) is 5.40. The number of nitrogens with one attached hydrogen (secondary N) is 1. The zero-order valence-corrected chi connectivity index (χ0v) is 11.0. The van der Waals surface area contributed by atoms with Gasteiger partial charge in [0.15, 0.2) is 0 Å². The van der Waals surface area contributed by atoms with Gasteiger partial charge in [0, 0.05) is 6.04 Å². The van der Waals surface area contributed by atoms with Gasteiger partial charge in [-0.3, -0.25) is 4.79 Å². The number of carbonyl (C=O) groups is 1. The predicted molar refractivity (Wildman–Crippen MR) is 66.2 cm³/mol. The van der Waals surface area contributed by atoms with Gasteiger partial charge in [-0.25, -0.2) is 0 Å². The van der Waals surface area contributed by atoms with Crippen molar-refractivity contribution in [2.75, 3.05) is 19.8 Å². The summed E-state index contributed by atoms with van der Waals surface area (Å²) in [5.41, 5.74) is -0.237. The molecule has 2 aliphatic rings. The monoisotopic (exact) mass is 257 g/mol. The van der Waals surface area contributed by atoms with Crippen LogP contribution >= 0.6 is 0 Å². The second kappa shape index (κ2) is 5.99. The first-order valence-electron chi connectivity index (χ1n) is 6.83. The number of aliphatic hydroxyl groups excluding tert-OH is 1. The van der Waals surface area contributed by atoms with Crippen molar-refractivity contribution in [1.82, 2.24) is 5.32 Å². The molecule has 0 amide bonds. The van der Waals surface area contributed by atoms with Crippen molar-refractivity contribution >= 4 is 5.97 Å². The number of hydrogen-bond donors (Lipinski definition) is 2. The summed E-state index contributed by atoms with van der Waals surface area (Å²) < 4.78 is 10.3. The van der Waals surface area contributed by atoms with Crippen molar-refractivity contribution in [2.45, 2.75) is 56.7 Å². The van der Waals surface area contributed by atoms with E-state index in [1.54, 1.807) is 0 Å². The Morgan fingerprint density at radius 3 is 2.56 bits per heavy atom. The first-order chi connectivity index (χ1) is 8.63. The molecule has 0 aromatic rings. The summed E-state index contributed by atoms with van der Waals surface area (Å²) in [5, 5.41) is 13.0. The Balaban J connectivity index is 1.82. The van der Waals surface area contributed by atoms with Crippen LogP contribution in [-0.2, 0) is 14.3 Å². The maximum Gasteiger partial charge on any atom is 0.307 e. The SMILES string of the molecule is CCOC(=O)CC1(NC2CCC(O)CC2)COC1. The number of aliphatic hydroxyl groups is 1. The van der Waals surface area contributed by atoms with Crippen LogP contribution in [0.5, 0.6) is 0 Å². The van der Waals surface area contributed by atoms with Gasteiger partial charge < -0.3 is 19.9 Å². The van der Waals surface area contributed by atoms with Crippen molar-refractivity contribution in [3.05, 3.63) is 0 Å². The largest absolute Gasteiger partial charge is 0.466 e. The normalized spacial score (nSPS) is 30.6. The van der Waals surface area contributed by atoms with Gasteiger partial charge in [0.25, 0.3) is 0 Å². The van der Waals surface area contributed by atoms with E-state index in [0.717, 1.165) is 25.7 Å². The third kappa shape index (κ3) is 3.43. The maximum absolute atomic E-state index is 11.6. The van der Waals surface area contributed by atoms with Gasteiger partial charge >= 0.3 is 5.97 Å². The molecule has 5 nitrogen and oxygen atoms in total. The molecule has 1 saturated heterocycles. The lowest BCUT2D eigenvalue weighted by atomic mass is 9.87. The van der Waals surface area contributed by atoms with Crippen LogP contribution in [0, 0.1) is 0 Å². The molecular weight excluding hydrogens is 234 g/mol. The lowest BCUT2D eigenvalue weighted by Gasteiger charge is -2.45. The molecule has 2 N–H and O–H groups in total. The van der Waals surface area contributed by atoms with Gasteiger partial charge in [-0.1, -0.05) is 0 Å². The summed E-state index contributed by atoms with van der Waals surface area (Å²) in [4.78, 5) is 11.6. The summed E-state index contributed by atoms with van der Waals surface area (Å²) in [5.74, 6) is -0.163. The third-order valence-corrected chi connectivity index (χ3v) is 3.75. The van der Waals surface area contributed by atoms with Crippen LogP contribution in [0.25, 0.3) is 0 Å². The van der Waals surface area contributed by atoms with Gasteiger partial charge in [0.1, 0.15) is 0 Å². The molecule has 18 heavy (non-hydrogen) atoms. The van der Waals surface area contributed by atoms with E-state index in [4.69, 9.17) is 9.47 Å². The topological polar surface area (TPSA) is 67.8 Å². The lowest BCUT2D eigenvalue weighted by molar-refractivity contribution is -0.153. The van der Waals surface area contributed by atoms with Crippen molar-refractivity contribution in [3.63, 3.8) is 0 Å². The third-order valence-electron chi connectivity index (χ3n) is 3.75. The summed E-state index contributed by atoms with van der Waals surface area (Å²) in [6.07, 6.45) is 3.83. The molecule has 0 unspecified atom stereocenters. The molecule has 0 bridgehead atoms. The van der Waals surface area contributed by atoms with E-state index < -0.39 is 0 Å². The second-order valence-corrected chi connectivity index (χ2v) is 5.40. The van der Waals surface area contributed by atoms with Crippen LogP contribution in [0.3, 0.4) is 0 Å². The molecule has 5 heteroatoms. The standard InChI is InChI=1S/C13H23NO4/c1-2-18-12(16)7-13(8-17-9-13)14-10-3-5-11(15)6-4-10/h10-11,14-15H,2-9H2,1H3. The molecule has 1 heterocycles. The number of carbonyl (C=O) groups excluding carboxylic acids is 1. The zero-order valence-electron chi connectivity index (χ0n) is 11.0. The van der Waals surface area contributed by atoms with E-state index >= 15 is 0 Å². The molecule has 104 valence electrons. The fourth-order valence-corrected chi connectivity index (χ4v) is 2.73. The molecule has 1 aliphatic carbocycles. The van der Waals surface area contributed by atoms with Crippen molar-refractivity contribution in [2.24, 2.45) is 0 Å².